The highest BCUT2D eigenvalue weighted by Crippen LogP contribution is 2.30. The monoisotopic (exact) mass is 486 g/mol. The maximum Gasteiger partial charge on any atom is 0.225 e. The van der Waals surface area contributed by atoms with Crippen molar-refractivity contribution in [1.82, 2.24) is 20.2 Å². The van der Waals surface area contributed by atoms with Gasteiger partial charge >= 0.3 is 0 Å². The van der Waals surface area contributed by atoms with Gasteiger partial charge in [-0.25, -0.2) is 13.8 Å². The lowest BCUT2D eigenvalue weighted by atomic mass is 9.98. The number of fused-ring (bicyclic) bond motifs is 2. The van der Waals surface area contributed by atoms with Gasteiger partial charge in [-0.2, -0.15) is 10.1 Å². The van der Waals surface area contributed by atoms with Crippen LogP contribution in [0.4, 0.5) is 26.2 Å². The predicted octanol–water partition coefficient (Wildman–Crippen LogP) is 5.55. The number of nitrogens with one attached hydrogen (secondary N) is 3. The van der Waals surface area contributed by atoms with Crippen molar-refractivity contribution in [2.45, 2.75) is 20.4 Å². The van der Waals surface area contributed by atoms with Crippen LogP contribution in [0.5, 0.6) is 0 Å². The minimum absolute atomic E-state index is 0.00311. The van der Waals surface area contributed by atoms with Crippen LogP contribution in [0.3, 0.4) is 0 Å². The third-order valence-corrected chi connectivity index (χ3v) is 5.75. The average molecular weight is 486 g/mol. The number of anilines is 3. The second-order valence-corrected chi connectivity index (χ2v) is 8.31. The Morgan fingerprint density at radius 1 is 0.944 bits per heavy atom. The number of halogens is 2. The Morgan fingerprint density at radius 2 is 1.72 bits per heavy atom. The number of aromatic amines is 1. The van der Waals surface area contributed by atoms with E-state index in [1.54, 1.807) is 18.3 Å². The zero-order valence-corrected chi connectivity index (χ0v) is 19.3. The maximum atomic E-state index is 14.1. The van der Waals surface area contributed by atoms with Crippen molar-refractivity contribution in [3.05, 3.63) is 83.1 Å². The van der Waals surface area contributed by atoms with Crippen LogP contribution >= 0.6 is 0 Å². The molecular weight excluding hydrogens is 466 g/mol. The summed E-state index contributed by atoms with van der Waals surface area (Å²) in [7, 11) is 0. The lowest BCUT2D eigenvalue weighted by Crippen LogP contribution is -2.09. The van der Waals surface area contributed by atoms with Gasteiger partial charge in [-0.1, -0.05) is 6.07 Å². The van der Waals surface area contributed by atoms with Crippen LogP contribution in [0.2, 0.25) is 0 Å². The summed E-state index contributed by atoms with van der Waals surface area (Å²) in [5.74, 6) is -1.37. The summed E-state index contributed by atoms with van der Waals surface area (Å²) in [6.45, 7) is 2.77. The van der Waals surface area contributed by atoms with E-state index in [9.17, 15) is 18.4 Å². The third kappa shape index (κ3) is 4.48. The Hall–Kier alpha value is -4.73. The zero-order valence-electron chi connectivity index (χ0n) is 19.3. The number of hydrogen-bond acceptors (Lipinski definition) is 7. The number of rotatable bonds is 7. The molecule has 0 saturated carbocycles. The lowest BCUT2D eigenvalue weighted by molar-refractivity contribution is 0.0981. The molecule has 5 aromatic rings. The molecule has 0 atom stereocenters. The molecule has 0 spiro atoms. The number of carbonyl (C=O) groups is 2. The fourth-order valence-corrected chi connectivity index (χ4v) is 3.93. The first-order chi connectivity index (χ1) is 17.3. The standard InChI is InChI=1S/C26H20F2N6O2/c1-13(35)19-9-21-24(10-20(19)14(2)36)32-26(29-11-15-3-4-17(27)8-22(15)28)33-25(21)31-18-5-6-23-16(7-18)12-30-34-23/h3-10,12H,11H2,1-2H3,(H,30,34)(H2,29,31,32,33). The van der Waals surface area contributed by atoms with Gasteiger partial charge in [0.15, 0.2) is 11.6 Å². The number of H-pyrrole nitrogens is 1. The molecule has 2 heterocycles. The van der Waals surface area contributed by atoms with Gasteiger partial charge in [0.05, 0.1) is 17.2 Å². The molecule has 3 aromatic carbocycles. The van der Waals surface area contributed by atoms with Crippen LogP contribution in [0.15, 0.2) is 54.7 Å². The Labute approximate surface area is 203 Å². The SMILES string of the molecule is CC(=O)c1cc2nc(NCc3ccc(F)cc3F)nc(Nc3ccc4[nH]ncc4c3)c2cc1C(C)=O. The van der Waals surface area contributed by atoms with Crippen molar-refractivity contribution in [1.29, 1.82) is 0 Å². The van der Waals surface area contributed by atoms with Gasteiger partial charge in [-0.05, 0) is 50.2 Å². The molecule has 8 nitrogen and oxygen atoms in total. The van der Waals surface area contributed by atoms with E-state index >= 15 is 0 Å². The summed E-state index contributed by atoms with van der Waals surface area (Å²) in [4.78, 5) is 33.6. The Morgan fingerprint density at radius 3 is 2.47 bits per heavy atom. The molecule has 0 saturated heterocycles. The van der Waals surface area contributed by atoms with Crippen molar-refractivity contribution in [3.8, 4) is 0 Å². The van der Waals surface area contributed by atoms with Gasteiger partial charge in [0.1, 0.15) is 17.5 Å². The minimum atomic E-state index is -0.694. The fourth-order valence-electron chi connectivity index (χ4n) is 3.93. The lowest BCUT2D eigenvalue weighted by Gasteiger charge is -2.14. The van der Waals surface area contributed by atoms with E-state index in [2.05, 4.69) is 30.8 Å². The van der Waals surface area contributed by atoms with Gasteiger partial charge < -0.3 is 10.6 Å². The molecule has 0 aliphatic heterocycles. The van der Waals surface area contributed by atoms with Crippen LogP contribution in [-0.2, 0) is 6.54 Å². The summed E-state index contributed by atoms with van der Waals surface area (Å²) in [6, 6.07) is 12.0. The molecule has 5 rings (SSSR count). The molecule has 2 aromatic heterocycles. The highest BCUT2D eigenvalue weighted by molar-refractivity contribution is 6.11. The average Bonchev–Trinajstić information content (AvgIpc) is 3.30. The Bertz CT molecular complexity index is 1660. The first-order valence-electron chi connectivity index (χ1n) is 11.0. The second kappa shape index (κ2) is 9.14. The van der Waals surface area contributed by atoms with Crippen molar-refractivity contribution in [2.75, 3.05) is 10.6 Å². The molecule has 0 aliphatic carbocycles. The molecule has 180 valence electrons. The van der Waals surface area contributed by atoms with Crippen molar-refractivity contribution < 1.29 is 18.4 Å². The van der Waals surface area contributed by atoms with Gasteiger partial charge in [0.2, 0.25) is 5.95 Å². The number of hydrogen-bond donors (Lipinski definition) is 3. The van der Waals surface area contributed by atoms with E-state index in [1.807, 2.05) is 18.2 Å². The van der Waals surface area contributed by atoms with E-state index in [0.717, 1.165) is 17.0 Å². The molecule has 36 heavy (non-hydrogen) atoms. The zero-order chi connectivity index (χ0) is 25.4. The molecule has 0 amide bonds. The second-order valence-electron chi connectivity index (χ2n) is 8.31. The molecule has 0 radical (unpaired) electrons. The highest BCUT2D eigenvalue weighted by atomic mass is 19.1. The number of Topliss-reactive ketones (excluding diaryl/α,β-unsaturated/α-hetero) is 2. The quantitative estimate of drug-likeness (QED) is 0.259. The summed E-state index contributed by atoms with van der Waals surface area (Å²) < 4.78 is 27.4. The Balaban J connectivity index is 1.60. The molecular formula is C26H20F2N6O2. The maximum absolute atomic E-state index is 14.1. The molecule has 10 heteroatoms. The van der Waals surface area contributed by atoms with Crippen molar-refractivity contribution >= 4 is 50.8 Å². The summed E-state index contributed by atoms with van der Waals surface area (Å²) in [5.41, 5.74) is 2.72. The van der Waals surface area contributed by atoms with Crippen molar-refractivity contribution in [3.63, 3.8) is 0 Å². The van der Waals surface area contributed by atoms with Crippen LogP contribution in [0.25, 0.3) is 21.8 Å². The number of benzene rings is 3. The van der Waals surface area contributed by atoms with E-state index < -0.39 is 11.6 Å². The van der Waals surface area contributed by atoms with E-state index in [4.69, 9.17) is 0 Å². The minimum Gasteiger partial charge on any atom is -0.350 e. The molecule has 0 fully saturated rings. The van der Waals surface area contributed by atoms with Gasteiger partial charge in [0, 0.05) is 45.8 Å². The topological polar surface area (TPSA) is 113 Å². The number of aromatic nitrogens is 4. The predicted molar refractivity (Wildman–Crippen MR) is 133 cm³/mol. The van der Waals surface area contributed by atoms with E-state index in [0.29, 0.717) is 22.4 Å². The fraction of sp³-hybridized carbons (Fsp3) is 0.115. The smallest absolute Gasteiger partial charge is 0.225 e. The number of carbonyl (C=O) groups excluding carboxylic acids is 2. The van der Waals surface area contributed by atoms with E-state index in [-0.39, 0.29) is 40.7 Å². The first-order valence-corrected chi connectivity index (χ1v) is 11.0. The van der Waals surface area contributed by atoms with E-state index in [1.165, 1.54) is 26.0 Å². The third-order valence-electron chi connectivity index (χ3n) is 5.75. The molecule has 3 N–H and O–H groups in total. The largest absolute Gasteiger partial charge is 0.350 e. The number of nitrogens with zero attached hydrogens (tertiary/aromatic N) is 3. The Kier molecular flexibility index (Phi) is 5.85. The normalized spacial score (nSPS) is 11.1. The van der Waals surface area contributed by atoms with Crippen molar-refractivity contribution in [2.24, 2.45) is 0 Å². The highest BCUT2D eigenvalue weighted by Gasteiger charge is 2.17. The summed E-state index contributed by atoms with van der Waals surface area (Å²) in [6.07, 6.45) is 1.69. The van der Waals surface area contributed by atoms with Crippen LogP contribution in [0, 0.1) is 11.6 Å². The number of ketones is 2. The molecule has 0 unspecified atom stereocenters. The molecule has 0 aliphatic rings. The van der Waals surface area contributed by atoms with Crippen LogP contribution in [-0.4, -0.2) is 31.7 Å². The summed E-state index contributed by atoms with van der Waals surface area (Å²) in [5, 5.41) is 14.5. The summed E-state index contributed by atoms with van der Waals surface area (Å²) >= 11 is 0. The first kappa shape index (κ1) is 23.0. The van der Waals surface area contributed by atoms with Gasteiger partial charge in [0.25, 0.3) is 0 Å². The van der Waals surface area contributed by atoms with Crippen LogP contribution in [0.1, 0.15) is 40.1 Å². The van der Waals surface area contributed by atoms with Gasteiger partial charge in [-0.15, -0.1) is 0 Å². The van der Waals surface area contributed by atoms with Crippen LogP contribution < -0.4 is 10.6 Å². The van der Waals surface area contributed by atoms with Gasteiger partial charge in [-0.3, -0.25) is 14.7 Å². The molecule has 0 bridgehead atoms.